The van der Waals surface area contributed by atoms with Gasteiger partial charge >= 0.3 is 0 Å². The molecule has 4 heteroatoms. The maximum Gasteiger partial charge on any atom is 0.145 e. The predicted molar refractivity (Wildman–Crippen MR) is 123 cm³/mol. The molecular formula is C26H24N4. The van der Waals surface area contributed by atoms with E-state index in [0.29, 0.717) is 5.92 Å². The molecule has 2 aromatic carbocycles. The lowest BCUT2D eigenvalue weighted by molar-refractivity contribution is 0.634. The van der Waals surface area contributed by atoms with Crippen molar-refractivity contribution in [3.8, 4) is 16.9 Å². The Balaban J connectivity index is 1.73. The molecule has 5 aromatic rings. The Hall–Kier alpha value is -3.53. The highest BCUT2D eigenvalue weighted by Gasteiger charge is 2.15. The van der Waals surface area contributed by atoms with Crippen molar-refractivity contribution in [2.45, 2.75) is 27.2 Å². The minimum absolute atomic E-state index is 0.556. The quantitative estimate of drug-likeness (QED) is 0.369. The molecule has 30 heavy (non-hydrogen) atoms. The molecule has 0 N–H and O–H groups in total. The summed E-state index contributed by atoms with van der Waals surface area (Å²) in [5.74, 6) is 0.556. The summed E-state index contributed by atoms with van der Waals surface area (Å²) in [5.41, 5.74) is 7.51. The second kappa shape index (κ2) is 7.38. The van der Waals surface area contributed by atoms with Crippen LogP contribution < -0.4 is 0 Å². The number of aryl methyl sites for hydroxylation is 1. The van der Waals surface area contributed by atoms with E-state index in [4.69, 9.17) is 4.98 Å². The lowest BCUT2D eigenvalue weighted by atomic mass is 10.1. The largest absolute Gasteiger partial charge is 0.294 e. The Morgan fingerprint density at radius 2 is 1.67 bits per heavy atom. The van der Waals surface area contributed by atoms with Crippen molar-refractivity contribution in [3.05, 3.63) is 84.4 Å². The van der Waals surface area contributed by atoms with Crippen molar-refractivity contribution in [3.63, 3.8) is 0 Å². The third kappa shape index (κ3) is 3.14. The molecule has 0 aliphatic heterocycles. The lowest BCUT2D eigenvalue weighted by Crippen LogP contribution is -1.99. The topological polar surface area (TPSA) is 43.6 Å². The van der Waals surface area contributed by atoms with Gasteiger partial charge in [-0.15, -0.1) is 0 Å². The molecule has 0 fully saturated rings. The van der Waals surface area contributed by atoms with Crippen LogP contribution in [0.3, 0.4) is 0 Å². The zero-order valence-corrected chi connectivity index (χ0v) is 17.5. The number of benzene rings is 2. The zero-order valence-electron chi connectivity index (χ0n) is 17.5. The van der Waals surface area contributed by atoms with Crippen LogP contribution in [0.25, 0.3) is 38.9 Å². The Morgan fingerprint density at radius 1 is 0.867 bits per heavy atom. The SMILES string of the molecule is Cc1ccccc1-n1c2ccccc2c2cc(-c3cc(CC(C)C)ncn3)cnc21. The summed E-state index contributed by atoms with van der Waals surface area (Å²) in [4.78, 5) is 13.9. The second-order valence-corrected chi connectivity index (χ2v) is 8.23. The van der Waals surface area contributed by atoms with E-state index in [1.165, 1.54) is 10.9 Å². The van der Waals surface area contributed by atoms with Gasteiger partial charge in [0.15, 0.2) is 0 Å². The van der Waals surface area contributed by atoms with Gasteiger partial charge in [0.25, 0.3) is 0 Å². The van der Waals surface area contributed by atoms with Crippen molar-refractivity contribution in [2.24, 2.45) is 5.92 Å². The molecule has 0 aliphatic carbocycles. The Bertz CT molecular complexity index is 1360. The zero-order chi connectivity index (χ0) is 20.7. The van der Waals surface area contributed by atoms with Crippen LogP contribution in [0.15, 0.2) is 73.2 Å². The predicted octanol–water partition coefficient (Wildman–Crippen LogP) is 6.14. The van der Waals surface area contributed by atoms with E-state index in [2.05, 4.69) is 96.0 Å². The molecule has 4 nitrogen and oxygen atoms in total. The fraction of sp³-hybridized carbons (Fsp3) is 0.192. The summed E-state index contributed by atoms with van der Waals surface area (Å²) >= 11 is 0. The normalized spacial score (nSPS) is 11.6. The fourth-order valence-corrected chi connectivity index (χ4v) is 4.13. The first-order chi connectivity index (χ1) is 14.6. The molecule has 0 saturated heterocycles. The van der Waals surface area contributed by atoms with E-state index >= 15 is 0 Å². The number of pyridine rings is 1. The van der Waals surface area contributed by atoms with E-state index in [0.717, 1.165) is 45.6 Å². The van der Waals surface area contributed by atoms with Gasteiger partial charge in [-0.05, 0) is 49.1 Å². The number of nitrogens with zero attached hydrogens (tertiary/aromatic N) is 4. The molecule has 0 bridgehead atoms. The minimum Gasteiger partial charge on any atom is -0.294 e. The first kappa shape index (κ1) is 18.5. The average molecular weight is 393 g/mol. The molecule has 0 aliphatic rings. The van der Waals surface area contributed by atoms with Gasteiger partial charge in [-0.1, -0.05) is 50.2 Å². The fourth-order valence-electron chi connectivity index (χ4n) is 4.13. The van der Waals surface area contributed by atoms with Gasteiger partial charge in [-0.2, -0.15) is 0 Å². The van der Waals surface area contributed by atoms with Crippen LogP contribution >= 0.6 is 0 Å². The summed E-state index contributed by atoms with van der Waals surface area (Å²) in [6, 6.07) is 21.2. The van der Waals surface area contributed by atoms with Crippen LogP contribution in [0.2, 0.25) is 0 Å². The van der Waals surface area contributed by atoms with Crippen LogP contribution in [-0.2, 0) is 6.42 Å². The molecule has 5 rings (SSSR count). The van der Waals surface area contributed by atoms with Gasteiger partial charge in [0, 0.05) is 28.2 Å². The van der Waals surface area contributed by atoms with Crippen LogP contribution in [0.1, 0.15) is 25.1 Å². The average Bonchev–Trinajstić information content (AvgIpc) is 3.07. The van der Waals surface area contributed by atoms with Gasteiger partial charge in [-0.25, -0.2) is 15.0 Å². The highest BCUT2D eigenvalue weighted by atomic mass is 15.0. The molecule has 3 aromatic heterocycles. The number of para-hydroxylation sites is 2. The van der Waals surface area contributed by atoms with E-state index in [1.807, 2.05) is 6.20 Å². The van der Waals surface area contributed by atoms with Crippen molar-refractivity contribution < 1.29 is 0 Å². The Kier molecular flexibility index (Phi) is 4.55. The van der Waals surface area contributed by atoms with Crippen molar-refractivity contribution in [1.82, 2.24) is 19.5 Å². The highest BCUT2D eigenvalue weighted by molar-refractivity contribution is 6.08. The molecule has 0 amide bonds. The van der Waals surface area contributed by atoms with Crippen LogP contribution in [0, 0.1) is 12.8 Å². The van der Waals surface area contributed by atoms with Gasteiger partial charge in [0.2, 0.25) is 0 Å². The number of rotatable bonds is 4. The molecule has 0 saturated carbocycles. The van der Waals surface area contributed by atoms with E-state index in [9.17, 15) is 0 Å². The first-order valence-corrected chi connectivity index (χ1v) is 10.4. The number of hydrogen-bond acceptors (Lipinski definition) is 3. The van der Waals surface area contributed by atoms with Gasteiger partial charge in [0.05, 0.1) is 16.9 Å². The first-order valence-electron chi connectivity index (χ1n) is 10.4. The second-order valence-electron chi connectivity index (χ2n) is 8.23. The smallest absolute Gasteiger partial charge is 0.145 e. The van der Waals surface area contributed by atoms with Gasteiger partial charge < -0.3 is 0 Å². The van der Waals surface area contributed by atoms with E-state index in [1.54, 1.807) is 6.33 Å². The molecule has 0 atom stereocenters. The third-order valence-electron chi connectivity index (χ3n) is 5.51. The van der Waals surface area contributed by atoms with Crippen molar-refractivity contribution in [1.29, 1.82) is 0 Å². The summed E-state index contributed by atoms with van der Waals surface area (Å²) in [6.45, 7) is 6.55. The Labute approximate surface area is 176 Å². The molecule has 0 unspecified atom stereocenters. The molecule has 0 radical (unpaired) electrons. The molecule has 0 spiro atoms. The molecule has 3 heterocycles. The van der Waals surface area contributed by atoms with Gasteiger partial charge in [0.1, 0.15) is 12.0 Å². The monoisotopic (exact) mass is 392 g/mol. The maximum absolute atomic E-state index is 4.91. The standard InChI is InChI=1S/C26H24N4/c1-17(2)12-20-14-23(29-16-28-20)19-13-22-21-9-5-7-11-25(21)30(26(22)27-15-19)24-10-6-4-8-18(24)3/h4-11,13-17H,12H2,1-3H3. The highest BCUT2D eigenvalue weighted by Crippen LogP contribution is 2.33. The van der Waals surface area contributed by atoms with Crippen molar-refractivity contribution >= 4 is 21.9 Å². The summed E-state index contributed by atoms with van der Waals surface area (Å²) in [6.07, 6.45) is 4.53. The minimum atomic E-state index is 0.556. The number of hydrogen-bond donors (Lipinski definition) is 0. The number of aromatic nitrogens is 4. The summed E-state index contributed by atoms with van der Waals surface area (Å²) in [5, 5.41) is 2.33. The van der Waals surface area contributed by atoms with E-state index in [-0.39, 0.29) is 0 Å². The van der Waals surface area contributed by atoms with Crippen LogP contribution in [-0.4, -0.2) is 19.5 Å². The number of fused-ring (bicyclic) bond motifs is 3. The van der Waals surface area contributed by atoms with Crippen molar-refractivity contribution in [2.75, 3.05) is 0 Å². The third-order valence-corrected chi connectivity index (χ3v) is 5.51. The van der Waals surface area contributed by atoms with Crippen LogP contribution in [0.4, 0.5) is 0 Å². The molecular weight excluding hydrogens is 368 g/mol. The Morgan fingerprint density at radius 3 is 2.50 bits per heavy atom. The van der Waals surface area contributed by atoms with E-state index < -0.39 is 0 Å². The summed E-state index contributed by atoms with van der Waals surface area (Å²) < 4.78 is 2.26. The molecule has 148 valence electrons. The lowest BCUT2D eigenvalue weighted by Gasteiger charge is -2.10. The van der Waals surface area contributed by atoms with Gasteiger partial charge in [-0.3, -0.25) is 4.57 Å². The maximum atomic E-state index is 4.91. The van der Waals surface area contributed by atoms with Crippen LogP contribution in [0.5, 0.6) is 0 Å². The summed E-state index contributed by atoms with van der Waals surface area (Å²) in [7, 11) is 0.